The van der Waals surface area contributed by atoms with Crippen LogP contribution in [0.1, 0.15) is 10.4 Å². The van der Waals surface area contributed by atoms with Gasteiger partial charge < -0.3 is 10.0 Å². The molecule has 1 aromatic rings. The van der Waals surface area contributed by atoms with Gasteiger partial charge in [-0.2, -0.15) is 0 Å². The molecule has 7 heteroatoms. The summed E-state index contributed by atoms with van der Waals surface area (Å²) >= 11 is 5.68. The van der Waals surface area contributed by atoms with Crippen molar-refractivity contribution in [1.29, 1.82) is 0 Å². The SMILES string of the molecule is C=CCN(CCO)C(=O)c1ccc(Cl)cc1[N+](=O)[O-]. The van der Waals surface area contributed by atoms with Gasteiger partial charge in [-0.05, 0) is 12.1 Å². The van der Waals surface area contributed by atoms with Gasteiger partial charge in [0, 0.05) is 24.2 Å². The molecule has 0 atom stereocenters. The second-order valence-electron chi connectivity index (χ2n) is 3.68. The average Bonchev–Trinajstić information content (AvgIpc) is 2.37. The highest BCUT2D eigenvalue weighted by molar-refractivity contribution is 6.31. The molecule has 1 amide bonds. The summed E-state index contributed by atoms with van der Waals surface area (Å²) in [6.07, 6.45) is 1.48. The molecule has 102 valence electrons. The predicted octanol–water partition coefficient (Wildman–Crippen LogP) is 1.87. The fourth-order valence-corrected chi connectivity index (χ4v) is 1.73. The van der Waals surface area contributed by atoms with Crippen LogP contribution in [0.15, 0.2) is 30.9 Å². The minimum atomic E-state index is -0.663. The van der Waals surface area contributed by atoms with Crippen molar-refractivity contribution in [2.75, 3.05) is 19.7 Å². The summed E-state index contributed by atoms with van der Waals surface area (Å²) in [7, 11) is 0. The second-order valence-corrected chi connectivity index (χ2v) is 4.12. The summed E-state index contributed by atoms with van der Waals surface area (Å²) in [5, 5.41) is 20.0. The highest BCUT2D eigenvalue weighted by atomic mass is 35.5. The number of nitro groups is 1. The van der Waals surface area contributed by atoms with Crippen molar-refractivity contribution in [1.82, 2.24) is 4.90 Å². The lowest BCUT2D eigenvalue weighted by Gasteiger charge is -2.19. The summed E-state index contributed by atoms with van der Waals surface area (Å²) in [6.45, 7) is 3.53. The molecule has 0 aliphatic heterocycles. The normalized spacial score (nSPS) is 10.0. The molecule has 0 aromatic heterocycles. The molecule has 0 unspecified atom stereocenters. The molecule has 0 heterocycles. The summed E-state index contributed by atoms with van der Waals surface area (Å²) < 4.78 is 0. The van der Waals surface area contributed by atoms with E-state index in [0.29, 0.717) is 0 Å². The van der Waals surface area contributed by atoms with E-state index >= 15 is 0 Å². The zero-order chi connectivity index (χ0) is 14.4. The number of carbonyl (C=O) groups excluding carboxylic acids is 1. The van der Waals surface area contributed by atoms with Crippen molar-refractivity contribution >= 4 is 23.2 Å². The van der Waals surface area contributed by atoms with E-state index in [2.05, 4.69) is 6.58 Å². The van der Waals surface area contributed by atoms with Crippen LogP contribution >= 0.6 is 11.6 Å². The summed E-state index contributed by atoms with van der Waals surface area (Å²) in [6, 6.07) is 3.84. The van der Waals surface area contributed by atoms with Crippen LogP contribution in [0.3, 0.4) is 0 Å². The van der Waals surface area contributed by atoms with E-state index in [-0.39, 0.29) is 36.0 Å². The van der Waals surface area contributed by atoms with Gasteiger partial charge in [-0.15, -0.1) is 6.58 Å². The van der Waals surface area contributed by atoms with Crippen molar-refractivity contribution < 1.29 is 14.8 Å². The Morgan fingerprint density at radius 1 is 1.58 bits per heavy atom. The number of halogens is 1. The van der Waals surface area contributed by atoms with Gasteiger partial charge in [0.15, 0.2) is 0 Å². The topological polar surface area (TPSA) is 83.7 Å². The van der Waals surface area contributed by atoms with E-state index in [1.807, 2.05) is 0 Å². The minimum Gasteiger partial charge on any atom is -0.395 e. The van der Waals surface area contributed by atoms with Crippen LogP contribution < -0.4 is 0 Å². The van der Waals surface area contributed by atoms with Gasteiger partial charge in [0.05, 0.1) is 11.5 Å². The largest absolute Gasteiger partial charge is 0.395 e. The lowest BCUT2D eigenvalue weighted by Crippen LogP contribution is -2.34. The van der Waals surface area contributed by atoms with Gasteiger partial charge >= 0.3 is 0 Å². The van der Waals surface area contributed by atoms with Crippen molar-refractivity contribution in [3.63, 3.8) is 0 Å². The van der Waals surface area contributed by atoms with Crippen molar-refractivity contribution in [3.8, 4) is 0 Å². The molecule has 0 radical (unpaired) electrons. The summed E-state index contributed by atoms with van der Waals surface area (Å²) in [4.78, 5) is 23.7. The van der Waals surface area contributed by atoms with Gasteiger partial charge in [0.25, 0.3) is 11.6 Å². The molecule has 1 N–H and O–H groups in total. The van der Waals surface area contributed by atoms with E-state index in [0.717, 1.165) is 6.07 Å². The Hall–Kier alpha value is -1.92. The highest BCUT2D eigenvalue weighted by Gasteiger charge is 2.24. The Kier molecular flexibility index (Phi) is 5.47. The molecular weight excluding hydrogens is 272 g/mol. The van der Waals surface area contributed by atoms with Gasteiger partial charge in [-0.1, -0.05) is 17.7 Å². The van der Waals surface area contributed by atoms with Crippen LogP contribution in [0.2, 0.25) is 5.02 Å². The number of aliphatic hydroxyl groups is 1. The maximum absolute atomic E-state index is 12.2. The molecule has 0 fully saturated rings. The first kappa shape index (κ1) is 15.1. The number of hydrogen-bond acceptors (Lipinski definition) is 4. The second kappa shape index (κ2) is 6.86. The third-order valence-electron chi connectivity index (χ3n) is 2.39. The van der Waals surface area contributed by atoms with Crippen molar-refractivity contribution in [3.05, 3.63) is 51.6 Å². The predicted molar refractivity (Wildman–Crippen MR) is 71.3 cm³/mol. The standard InChI is InChI=1S/C12H13ClN2O4/c1-2-5-14(6-7-16)12(17)10-4-3-9(13)8-11(10)15(18)19/h2-4,8,16H,1,5-7H2. The Morgan fingerprint density at radius 3 is 2.79 bits per heavy atom. The maximum atomic E-state index is 12.2. The Bertz CT molecular complexity index is 505. The fourth-order valence-electron chi connectivity index (χ4n) is 1.56. The molecule has 0 aliphatic rings. The third-order valence-corrected chi connectivity index (χ3v) is 2.63. The molecule has 0 saturated heterocycles. The molecule has 0 spiro atoms. The van der Waals surface area contributed by atoms with E-state index in [1.54, 1.807) is 0 Å². The summed E-state index contributed by atoms with van der Waals surface area (Å²) in [5.41, 5.74) is -0.422. The molecule has 1 rings (SSSR count). The van der Waals surface area contributed by atoms with Gasteiger partial charge in [0.2, 0.25) is 0 Å². The first-order valence-corrected chi connectivity index (χ1v) is 5.84. The Morgan fingerprint density at radius 2 is 2.26 bits per heavy atom. The van der Waals surface area contributed by atoms with E-state index in [1.165, 1.54) is 23.1 Å². The fraction of sp³-hybridized carbons (Fsp3) is 0.250. The van der Waals surface area contributed by atoms with Crippen LogP contribution in [0, 0.1) is 10.1 Å². The van der Waals surface area contributed by atoms with Gasteiger partial charge in [-0.25, -0.2) is 0 Å². The summed E-state index contributed by atoms with van der Waals surface area (Å²) in [5.74, 6) is -0.544. The first-order chi connectivity index (χ1) is 9.01. The van der Waals surface area contributed by atoms with E-state index < -0.39 is 10.8 Å². The van der Waals surface area contributed by atoms with Crippen LogP contribution in [0.5, 0.6) is 0 Å². The average molecular weight is 285 g/mol. The lowest BCUT2D eigenvalue weighted by atomic mass is 10.1. The van der Waals surface area contributed by atoms with E-state index in [4.69, 9.17) is 16.7 Å². The molecular formula is C12H13ClN2O4. The number of nitrogens with zero attached hydrogens (tertiary/aromatic N) is 2. The highest BCUT2D eigenvalue weighted by Crippen LogP contribution is 2.24. The number of amides is 1. The van der Waals surface area contributed by atoms with E-state index in [9.17, 15) is 14.9 Å². The van der Waals surface area contributed by atoms with Crippen LogP contribution in [0.25, 0.3) is 0 Å². The molecule has 0 aliphatic carbocycles. The molecule has 0 saturated carbocycles. The zero-order valence-electron chi connectivity index (χ0n) is 10.1. The smallest absolute Gasteiger partial charge is 0.283 e. The van der Waals surface area contributed by atoms with Crippen LogP contribution in [-0.4, -0.2) is 40.5 Å². The van der Waals surface area contributed by atoms with Crippen LogP contribution in [-0.2, 0) is 0 Å². The Balaban J connectivity index is 3.16. The van der Waals surface area contributed by atoms with Gasteiger partial charge in [-0.3, -0.25) is 14.9 Å². The molecule has 19 heavy (non-hydrogen) atoms. The van der Waals surface area contributed by atoms with Crippen LogP contribution in [0.4, 0.5) is 5.69 Å². The molecule has 1 aromatic carbocycles. The zero-order valence-corrected chi connectivity index (χ0v) is 10.8. The number of aliphatic hydroxyl groups excluding tert-OH is 1. The number of rotatable bonds is 6. The lowest BCUT2D eigenvalue weighted by molar-refractivity contribution is -0.385. The number of nitro benzene ring substituents is 1. The Labute approximate surface area is 115 Å². The maximum Gasteiger partial charge on any atom is 0.283 e. The molecule has 6 nitrogen and oxygen atoms in total. The molecule has 0 bridgehead atoms. The van der Waals surface area contributed by atoms with Crippen molar-refractivity contribution in [2.45, 2.75) is 0 Å². The monoisotopic (exact) mass is 284 g/mol. The van der Waals surface area contributed by atoms with Gasteiger partial charge in [0.1, 0.15) is 5.56 Å². The van der Waals surface area contributed by atoms with Crippen molar-refractivity contribution in [2.24, 2.45) is 0 Å². The minimum absolute atomic E-state index is 0.0651. The number of benzene rings is 1. The first-order valence-electron chi connectivity index (χ1n) is 5.46. The quantitative estimate of drug-likeness (QED) is 0.491. The third kappa shape index (κ3) is 3.77. The number of hydrogen-bond donors (Lipinski definition) is 1. The number of carbonyl (C=O) groups is 1.